The van der Waals surface area contributed by atoms with Crippen LogP contribution < -0.4 is 16.6 Å². The molecule has 106 valence electrons. The Bertz CT molecular complexity index is 772. The first kappa shape index (κ1) is 13.1. The fraction of sp³-hybridized carbons (Fsp3) is 0.429. The number of halogens is 1. The van der Waals surface area contributed by atoms with E-state index in [1.165, 1.54) is 27.3 Å². The number of aromatic nitrogens is 2. The summed E-state index contributed by atoms with van der Waals surface area (Å²) >= 11 is 0. The summed E-state index contributed by atoms with van der Waals surface area (Å²) in [5.41, 5.74) is -0.361. The minimum Gasteiger partial charge on any atom is -0.317 e. The van der Waals surface area contributed by atoms with Crippen LogP contribution in [0, 0.1) is 5.82 Å². The summed E-state index contributed by atoms with van der Waals surface area (Å²) in [6, 6.07) is 3.84. The van der Waals surface area contributed by atoms with E-state index in [-0.39, 0.29) is 17.3 Å². The number of benzene rings is 1. The molecular formula is C14H16FN3O2. The van der Waals surface area contributed by atoms with Gasteiger partial charge in [0, 0.05) is 13.1 Å². The van der Waals surface area contributed by atoms with Gasteiger partial charge in [-0.25, -0.2) is 9.18 Å². The van der Waals surface area contributed by atoms with Crippen molar-refractivity contribution in [3.63, 3.8) is 0 Å². The molecule has 1 N–H and O–H groups in total. The van der Waals surface area contributed by atoms with Gasteiger partial charge in [0.25, 0.3) is 5.56 Å². The molecule has 2 heterocycles. The molecule has 0 aliphatic carbocycles. The van der Waals surface area contributed by atoms with E-state index in [0.717, 1.165) is 25.9 Å². The zero-order valence-corrected chi connectivity index (χ0v) is 11.2. The molecule has 0 radical (unpaired) electrons. The Morgan fingerprint density at radius 1 is 1.25 bits per heavy atom. The number of nitrogens with zero attached hydrogens (tertiary/aromatic N) is 2. The number of hydrogen-bond donors (Lipinski definition) is 1. The molecule has 0 atom stereocenters. The molecule has 1 aliphatic rings. The Kier molecular flexibility index (Phi) is 3.17. The van der Waals surface area contributed by atoms with Gasteiger partial charge in [0.05, 0.1) is 10.9 Å². The lowest BCUT2D eigenvalue weighted by Gasteiger charge is -2.24. The fourth-order valence-corrected chi connectivity index (χ4v) is 2.83. The van der Waals surface area contributed by atoms with E-state index in [1.807, 2.05) is 0 Å². The maximum atomic E-state index is 13.3. The van der Waals surface area contributed by atoms with Gasteiger partial charge in [0.15, 0.2) is 0 Å². The van der Waals surface area contributed by atoms with Crippen molar-refractivity contribution in [2.45, 2.75) is 18.9 Å². The van der Waals surface area contributed by atoms with Crippen LogP contribution in [0.4, 0.5) is 4.39 Å². The van der Waals surface area contributed by atoms with Crippen LogP contribution in [-0.4, -0.2) is 22.2 Å². The summed E-state index contributed by atoms with van der Waals surface area (Å²) in [5, 5.41) is 3.59. The first-order chi connectivity index (χ1) is 9.59. The van der Waals surface area contributed by atoms with Crippen molar-refractivity contribution in [3.8, 4) is 0 Å². The maximum Gasteiger partial charge on any atom is 0.331 e. The summed E-state index contributed by atoms with van der Waals surface area (Å²) in [6.45, 7) is 1.59. The van der Waals surface area contributed by atoms with Crippen LogP contribution >= 0.6 is 0 Å². The van der Waals surface area contributed by atoms with Crippen LogP contribution in [0.2, 0.25) is 0 Å². The highest BCUT2D eigenvalue weighted by Crippen LogP contribution is 2.16. The highest BCUT2D eigenvalue weighted by Gasteiger charge is 2.21. The third-order valence-electron chi connectivity index (χ3n) is 3.94. The van der Waals surface area contributed by atoms with Gasteiger partial charge in [-0.05, 0) is 44.1 Å². The molecule has 20 heavy (non-hydrogen) atoms. The standard InChI is InChI=1S/C14H16FN3O2/c1-17-12-8-9(15)2-3-11(12)13(19)18(14(17)20)10-4-6-16-7-5-10/h2-3,8,10,16H,4-7H2,1H3. The number of piperidine rings is 1. The van der Waals surface area contributed by atoms with Crippen LogP contribution in [0.5, 0.6) is 0 Å². The van der Waals surface area contributed by atoms with E-state index in [9.17, 15) is 14.0 Å². The Morgan fingerprint density at radius 2 is 1.95 bits per heavy atom. The largest absolute Gasteiger partial charge is 0.331 e. The van der Waals surface area contributed by atoms with E-state index in [4.69, 9.17) is 0 Å². The minimum absolute atomic E-state index is 0.0862. The number of nitrogens with one attached hydrogen (secondary N) is 1. The molecule has 0 bridgehead atoms. The lowest BCUT2D eigenvalue weighted by Crippen LogP contribution is -2.44. The maximum absolute atomic E-state index is 13.3. The molecule has 0 amide bonds. The van der Waals surface area contributed by atoms with Crippen molar-refractivity contribution in [2.75, 3.05) is 13.1 Å². The van der Waals surface area contributed by atoms with E-state index in [1.54, 1.807) is 7.05 Å². The van der Waals surface area contributed by atoms with Crippen molar-refractivity contribution in [2.24, 2.45) is 7.05 Å². The Balaban J connectivity index is 2.30. The van der Waals surface area contributed by atoms with Crippen molar-refractivity contribution in [1.29, 1.82) is 0 Å². The Morgan fingerprint density at radius 3 is 2.65 bits per heavy atom. The molecule has 0 unspecified atom stereocenters. The van der Waals surface area contributed by atoms with Crippen LogP contribution in [0.15, 0.2) is 27.8 Å². The lowest BCUT2D eigenvalue weighted by atomic mass is 10.1. The molecule has 6 heteroatoms. The normalized spacial score (nSPS) is 16.7. The molecule has 0 spiro atoms. The lowest BCUT2D eigenvalue weighted by molar-refractivity contribution is 0.347. The van der Waals surface area contributed by atoms with Gasteiger partial charge in [0.1, 0.15) is 5.82 Å². The van der Waals surface area contributed by atoms with E-state index >= 15 is 0 Å². The summed E-state index contributed by atoms with van der Waals surface area (Å²) in [5.74, 6) is -0.452. The summed E-state index contributed by atoms with van der Waals surface area (Å²) in [4.78, 5) is 24.9. The number of rotatable bonds is 1. The molecule has 3 rings (SSSR count). The molecule has 0 saturated carbocycles. The van der Waals surface area contributed by atoms with Gasteiger partial charge in [0.2, 0.25) is 0 Å². The van der Waals surface area contributed by atoms with Crippen molar-refractivity contribution < 1.29 is 4.39 Å². The summed E-state index contributed by atoms with van der Waals surface area (Å²) < 4.78 is 16.0. The van der Waals surface area contributed by atoms with Gasteiger partial charge >= 0.3 is 5.69 Å². The van der Waals surface area contributed by atoms with E-state index in [2.05, 4.69) is 5.32 Å². The highest BCUT2D eigenvalue weighted by atomic mass is 19.1. The van der Waals surface area contributed by atoms with Gasteiger partial charge < -0.3 is 5.32 Å². The van der Waals surface area contributed by atoms with Gasteiger partial charge in [-0.2, -0.15) is 0 Å². The van der Waals surface area contributed by atoms with Gasteiger partial charge in [-0.1, -0.05) is 0 Å². The Hall–Kier alpha value is -1.95. The van der Waals surface area contributed by atoms with Crippen molar-refractivity contribution in [1.82, 2.24) is 14.5 Å². The first-order valence-electron chi connectivity index (χ1n) is 6.71. The highest BCUT2D eigenvalue weighted by molar-refractivity contribution is 5.77. The second-order valence-electron chi connectivity index (χ2n) is 5.16. The molecule has 1 saturated heterocycles. The molecular weight excluding hydrogens is 261 g/mol. The number of aryl methyl sites for hydroxylation is 1. The molecule has 1 aromatic carbocycles. The second kappa shape index (κ2) is 4.86. The Labute approximate surface area is 114 Å². The van der Waals surface area contributed by atoms with Crippen LogP contribution in [-0.2, 0) is 7.05 Å². The SMILES string of the molecule is Cn1c(=O)n(C2CCNCC2)c(=O)c2ccc(F)cc21. The minimum atomic E-state index is -0.452. The third-order valence-corrected chi connectivity index (χ3v) is 3.94. The monoisotopic (exact) mass is 277 g/mol. The molecule has 1 fully saturated rings. The van der Waals surface area contributed by atoms with E-state index in [0.29, 0.717) is 10.9 Å². The fourth-order valence-electron chi connectivity index (χ4n) is 2.83. The summed E-state index contributed by atoms with van der Waals surface area (Å²) in [6.07, 6.45) is 1.50. The first-order valence-corrected chi connectivity index (χ1v) is 6.71. The third kappa shape index (κ3) is 1.96. The molecule has 1 aromatic heterocycles. The predicted octanol–water partition coefficient (Wildman–Crippen LogP) is 0.764. The average molecular weight is 277 g/mol. The van der Waals surface area contributed by atoms with E-state index < -0.39 is 5.82 Å². The van der Waals surface area contributed by atoms with Crippen LogP contribution in [0.1, 0.15) is 18.9 Å². The van der Waals surface area contributed by atoms with Crippen LogP contribution in [0.3, 0.4) is 0 Å². The summed E-state index contributed by atoms with van der Waals surface area (Å²) in [7, 11) is 1.57. The zero-order chi connectivity index (χ0) is 14.3. The van der Waals surface area contributed by atoms with Crippen molar-refractivity contribution in [3.05, 3.63) is 44.9 Å². The number of hydrogen-bond acceptors (Lipinski definition) is 3. The number of fused-ring (bicyclic) bond motifs is 1. The smallest absolute Gasteiger partial charge is 0.317 e. The van der Waals surface area contributed by atoms with Gasteiger partial charge in [-0.15, -0.1) is 0 Å². The zero-order valence-electron chi connectivity index (χ0n) is 11.2. The van der Waals surface area contributed by atoms with Crippen LogP contribution in [0.25, 0.3) is 10.9 Å². The molecule has 2 aromatic rings. The molecule has 5 nitrogen and oxygen atoms in total. The predicted molar refractivity (Wildman–Crippen MR) is 74.5 cm³/mol. The van der Waals surface area contributed by atoms with Crippen molar-refractivity contribution >= 4 is 10.9 Å². The average Bonchev–Trinajstić information content (AvgIpc) is 2.46. The second-order valence-corrected chi connectivity index (χ2v) is 5.16. The quantitative estimate of drug-likeness (QED) is 0.837. The topological polar surface area (TPSA) is 56.0 Å². The molecule has 1 aliphatic heterocycles. The van der Waals surface area contributed by atoms with Gasteiger partial charge in [-0.3, -0.25) is 13.9 Å².